The highest BCUT2D eigenvalue weighted by Crippen LogP contribution is 2.39. The largest absolute Gasteiger partial charge is 0.489 e. The Morgan fingerprint density at radius 3 is 2.92 bits per heavy atom. The Kier molecular flexibility index (Phi) is 3.93. The molecule has 1 aromatic heterocycles. The lowest BCUT2D eigenvalue weighted by Gasteiger charge is -2.24. The molecule has 126 valence electrons. The third-order valence-corrected chi connectivity index (χ3v) is 4.28. The number of anilines is 1. The van der Waals surface area contributed by atoms with Gasteiger partial charge in [-0.2, -0.15) is 5.10 Å². The van der Waals surface area contributed by atoms with E-state index in [1.165, 1.54) is 12.1 Å². The van der Waals surface area contributed by atoms with Crippen molar-refractivity contribution in [3.05, 3.63) is 77.2 Å². The summed E-state index contributed by atoms with van der Waals surface area (Å²) in [6.07, 6.45) is 2.05. The third-order valence-electron chi connectivity index (χ3n) is 4.28. The van der Waals surface area contributed by atoms with Crippen molar-refractivity contribution in [2.75, 3.05) is 5.32 Å². The highest BCUT2D eigenvalue weighted by molar-refractivity contribution is 5.94. The van der Waals surface area contributed by atoms with Gasteiger partial charge in [0.2, 0.25) is 5.91 Å². The van der Waals surface area contributed by atoms with E-state index in [4.69, 9.17) is 4.74 Å². The van der Waals surface area contributed by atoms with Crippen molar-refractivity contribution in [1.29, 1.82) is 0 Å². The normalized spacial score (nSPS) is 16.2. The molecule has 0 fully saturated rings. The average Bonchev–Trinajstić information content (AvgIpc) is 3.08. The van der Waals surface area contributed by atoms with E-state index < -0.39 is 0 Å². The van der Waals surface area contributed by atoms with Gasteiger partial charge in [0.15, 0.2) is 0 Å². The Hall–Kier alpha value is -3.15. The van der Waals surface area contributed by atoms with Gasteiger partial charge in [-0.3, -0.25) is 9.89 Å². The molecule has 25 heavy (non-hydrogen) atoms. The summed E-state index contributed by atoms with van der Waals surface area (Å²) in [4.78, 5) is 12.0. The Morgan fingerprint density at radius 1 is 1.16 bits per heavy atom. The molecule has 2 N–H and O–H groups in total. The van der Waals surface area contributed by atoms with Crippen LogP contribution in [0.2, 0.25) is 0 Å². The first kappa shape index (κ1) is 15.4. The van der Waals surface area contributed by atoms with Crippen molar-refractivity contribution in [3.63, 3.8) is 0 Å². The number of ether oxygens (including phenoxy) is 1. The van der Waals surface area contributed by atoms with Crippen molar-refractivity contribution >= 4 is 11.7 Å². The maximum atomic E-state index is 13.3. The van der Waals surface area contributed by atoms with Gasteiger partial charge >= 0.3 is 0 Å². The third kappa shape index (κ3) is 3.10. The highest BCUT2D eigenvalue weighted by atomic mass is 19.1. The number of nitrogens with zero attached hydrogens (tertiary/aromatic N) is 1. The summed E-state index contributed by atoms with van der Waals surface area (Å²) in [7, 11) is 0. The van der Waals surface area contributed by atoms with Crippen LogP contribution in [-0.2, 0) is 11.4 Å². The second kappa shape index (κ2) is 6.39. The predicted molar refractivity (Wildman–Crippen MR) is 90.9 cm³/mol. The Labute approximate surface area is 143 Å². The van der Waals surface area contributed by atoms with Crippen LogP contribution in [0.5, 0.6) is 5.75 Å². The van der Waals surface area contributed by atoms with Crippen molar-refractivity contribution in [3.8, 4) is 5.75 Å². The molecule has 0 saturated heterocycles. The highest BCUT2D eigenvalue weighted by Gasteiger charge is 2.29. The van der Waals surface area contributed by atoms with Crippen LogP contribution < -0.4 is 10.1 Å². The number of H-pyrrole nitrogens is 1. The molecule has 0 aliphatic carbocycles. The molecular weight excluding hydrogens is 321 g/mol. The zero-order chi connectivity index (χ0) is 17.2. The Balaban J connectivity index is 1.63. The zero-order valence-corrected chi connectivity index (χ0v) is 13.3. The molecule has 1 atom stereocenters. The molecule has 0 bridgehead atoms. The molecule has 0 radical (unpaired) electrons. The lowest BCUT2D eigenvalue weighted by molar-refractivity contribution is -0.116. The first-order valence-corrected chi connectivity index (χ1v) is 8.00. The van der Waals surface area contributed by atoms with E-state index in [1.807, 2.05) is 30.3 Å². The molecule has 2 heterocycles. The van der Waals surface area contributed by atoms with Crippen molar-refractivity contribution in [1.82, 2.24) is 10.2 Å². The van der Waals surface area contributed by atoms with E-state index in [0.29, 0.717) is 18.0 Å². The number of carbonyl (C=O) groups is 1. The average molecular weight is 337 g/mol. The maximum Gasteiger partial charge on any atom is 0.226 e. The van der Waals surface area contributed by atoms with Crippen LogP contribution in [0.4, 0.5) is 10.2 Å². The summed E-state index contributed by atoms with van der Waals surface area (Å²) in [5.74, 6) is 0.814. The van der Waals surface area contributed by atoms with Crippen LogP contribution in [0.1, 0.15) is 29.0 Å². The molecule has 3 aromatic rings. The van der Waals surface area contributed by atoms with Crippen molar-refractivity contribution in [2.24, 2.45) is 0 Å². The van der Waals surface area contributed by atoms with Crippen LogP contribution in [0.25, 0.3) is 0 Å². The number of carbonyl (C=O) groups excluding carboxylic acids is 1. The number of benzene rings is 2. The first-order chi connectivity index (χ1) is 12.2. The van der Waals surface area contributed by atoms with Crippen LogP contribution in [0, 0.1) is 5.82 Å². The van der Waals surface area contributed by atoms with Gasteiger partial charge in [-0.15, -0.1) is 0 Å². The van der Waals surface area contributed by atoms with Crippen LogP contribution >= 0.6 is 0 Å². The monoisotopic (exact) mass is 337 g/mol. The molecule has 0 saturated carbocycles. The van der Waals surface area contributed by atoms with Crippen molar-refractivity contribution in [2.45, 2.75) is 18.9 Å². The maximum absolute atomic E-state index is 13.3. The number of halogens is 1. The number of hydrogen-bond acceptors (Lipinski definition) is 3. The SMILES string of the molecule is O=C1CC(c2ccccc2OCc2cccc(F)c2)c2cn[nH]c2N1. The molecule has 1 amide bonds. The predicted octanol–water partition coefficient (Wildman–Crippen LogP) is 3.60. The smallest absolute Gasteiger partial charge is 0.226 e. The van der Waals surface area contributed by atoms with Gasteiger partial charge in [-0.05, 0) is 23.8 Å². The number of hydrogen-bond donors (Lipinski definition) is 2. The van der Waals surface area contributed by atoms with Crippen LogP contribution in [0.15, 0.2) is 54.7 Å². The summed E-state index contributed by atoms with van der Waals surface area (Å²) in [5.41, 5.74) is 2.60. The number of aromatic amines is 1. The summed E-state index contributed by atoms with van der Waals surface area (Å²) in [5, 5.41) is 9.62. The van der Waals surface area contributed by atoms with Gasteiger partial charge in [0, 0.05) is 23.5 Å². The molecular formula is C19H16FN3O2. The van der Waals surface area contributed by atoms with Crippen LogP contribution in [0.3, 0.4) is 0 Å². The fraction of sp³-hybridized carbons (Fsp3) is 0.158. The topological polar surface area (TPSA) is 67.0 Å². The van der Waals surface area contributed by atoms with E-state index in [0.717, 1.165) is 16.7 Å². The Bertz CT molecular complexity index is 922. The standard InChI is InChI=1S/C19H16FN3O2/c20-13-5-3-4-12(8-13)11-25-17-7-2-1-6-14(17)15-9-18(24)22-19-16(15)10-21-23-19/h1-8,10,15H,9,11H2,(H2,21,22,23,24). The van der Waals surface area contributed by atoms with Gasteiger partial charge in [0.1, 0.15) is 24.0 Å². The van der Waals surface area contributed by atoms with Crippen LogP contribution in [-0.4, -0.2) is 16.1 Å². The number of aromatic nitrogens is 2. The Morgan fingerprint density at radius 2 is 2.04 bits per heavy atom. The fourth-order valence-electron chi connectivity index (χ4n) is 3.11. The summed E-state index contributed by atoms with van der Waals surface area (Å²) in [6, 6.07) is 13.9. The zero-order valence-electron chi connectivity index (χ0n) is 13.3. The van der Waals surface area contributed by atoms with E-state index in [1.54, 1.807) is 12.3 Å². The first-order valence-electron chi connectivity index (χ1n) is 8.00. The number of para-hydroxylation sites is 1. The summed E-state index contributed by atoms with van der Waals surface area (Å²) in [6.45, 7) is 0.256. The van der Waals surface area contributed by atoms with Gasteiger partial charge < -0.3 is 10.1 Å². The second-order valence-corrected chi connectivity index (χ2v) is 5.96. The number of fused-ring (bicyclic) bond motifs is 1. The lowest BCUT2D eigenvalue weighted by atomic mass is 9.87. The molecule has 2 aromatic carbocycles. The van der Waals surface area contributed by atoms with E-state index in [-0.39, 0.29) is 24.2 Å². The minimum atomic E-state index is -0.290. The number of nitrogens with one attached hydrogen (secondary N) is 2. The molecule has 6 heteroatoms. The quantitative estimate of drug-likeness (QED) is 0.764. The van der Waals surface area contributed by atoms with Gasteiger partial charge in [0.05, 0.1) is 6.20 Å². The summed E-state index contributed by atoms with van der Waals surface area (Å²) < 4.78 is 19.3. The number of amides is 1. The molecule has 1 aliphatic rings. The fourth-order valence-corrected chi connectivity index (χ4v) is 3.11. The number of rotatable bonds is 4. The minimum absolute atomic E-state index is 0.0679. The minimum Gasteiger partial charge on any atom is -0.489 e. The molecule has 1 unspecified atom stereocenters. The van der Waals surface area contributed by atoms with E-state index in [9.17, 15) is 9.18 Å². The molecule has 4 rings (SSSR count). The summed E-state index contributed by atoms with van der Waals surface area (Å²) >= 11 is 0. The van der Waals surface area contributed by atoms with Gasteiger partial charge in [0.25, 0.3) is 0 Å². The molecule has 0 spiro atoms. The van der Waals surface area contributed by atoms with E-state index >= 15 is 0 Å². The second-order valence-electron chi connectivity index (χ2n) is 5.96. The van der Waals surface area contributed by atoms with Gasteiger partial charge in [-0.1, -0.05) is 30.3 Å². The van der Waals surface area contributed by atoms with E-state index in [2.05, 4.69) is 15.5 Å². The van der Waals surface area contributed by atoms with Gasteiger partial charge in [-0.25, -0.2) is 4.39 Å². The lowest BCUT2D eigenvalue weighted by Crippen LogP contribution is -2.23. The van der Waals surface area contributed by atoms with Crippen molar-refractivity contribution < 1.29 is 13.9 Å². The molecule has 5 nitrogen and oxygen atoms in total. The molecule has 1 aliphatic heterocycles.